The average Bonchev–Trinajstić information content (AvgIpc) is 2.89. The number of aromatic nitrogens is 1. The molecule has 1 unspecified atom stereocenters. The minimum absolute atomic E-state index is 0.0320. The van der Waals surface area contributed by atoms with Gasteiger partial charge in [-0.15, -0.1) is 0 Å². The SMILES string of the molecule is CCC1(C(=O)N[C@@H](C)c2ccncc2)CCNC1. The first-order valence-electron chi connectivity index (χ1n) is 6.59. The fourth-order valence-electron chi connectivity index (χ4n) is 2.49. The quantitative estimate of drug-likeness (QED) is 0.850. The second-order valence-corrected chi connectivity index (χ2v) is 5.04. The van der Waals surface area contributed by atoms with Gasteiger partial charge in [0.2, 0.25) is 5.91 Å². The zero-order valence-electron chi connectivity index (χ0n) is 11.1. The van der Waals surface area contributed by atoms with Crippen LogP contribution in [0, 0.1) is 5.41 Å². The number of nitrogens with one attached hydrogen (secondary N) is 2. The molecule has 1 fully saturated rings. The maximum absolute atomic E-state index is 12.4. The van der Waals surface area contributed by atoms with E-state index in [0.717, 1.165) is 31.5 Å². The second kappa shape index (κ2) is 5.48. The Bertz CT molecular complexity index is 399. The molecule has 1 aromatic rings. The molecule has 4 heteroatoms. The standard InChI is InChI=1S/C14H21N3O/c1-3-14(6-9-16-10-14)13(18)17-11(2)12-4-7-15-8-5-12/h4-5,7-8,11,16H,3,6,9-10H2,1-2H3,(H,17,18)/t11-,14?/m0/s1. The molecule has 0 aromatic carbocycles. The highest BCUT2D eigenvalue weighted by molar-refractivity contribution is 5.83. The van der Waals surface area contributed by atoms with Crippen molar-refractivity contribution in [3.63, 3.8) is 0 Å². The molecule has 4 nitrogen and oxygen atoms in total. The maximum atomic E-state index is 12.4. The summed E-state index contributed by atoms with van der Waals surface area (Å²) in [6.07, 6.45) is 5.32. The third kappa shape index (κ3) is 2.53. The summed E-state index contributed by atoms with van der Waals surface area (Å²) in [5.41, 5.74) is 0.872. The molecule has 0 bridgehead atoms. The van der Waals surface area contributed by atoms with Crippen LogP contribution in [0.5, 0.6) is 0 Å². The Morgan fingerprint density at radius 1 is 1.56 bits per heavy atom. The third-order valence-electron chi connectivity index (χ3n) is 3.96. The number of rotatable bonds is 4. The van der Waals surface area contributed by atoms with Crippen LogP contribution in [0.15, 0.2) is 24.5 Å². The van der Waals surface area contributed by atoms with Gasteiger partial charge in [0.25, 0.3) is 0 Å². The lowest BCUT2D eigenvalue weighted by molar-refractivity contribution is -0.131. The molecule has 18 heavy (non-hydrogen) atoms. The molecule has 0 spiro atoms. The summed E-state index contributed by atoms with van der Waals surface area (Å²) in [6, 6.07) is 3.91. The number of carbonyl (C=O) groups is 1. The molecule has 1 aromatic heterocycles. The Labute approximate surface area is 108 Å². The second-order valence-electron chi connectivity index (χ2n) is 5.04. The Morgan fingerprint density at radius 3 is 2.83 bits per heavy atom. The average molecular weight is 247 g/mol. The predicted molar refractivity (Wildman–Crippen MR) is 71.0 cm³/mol. The summed E-state index contributed by atoms with van der Waals surface area (Å²) in [6.45, 7) is 5.83. The number of amides is 1. The summed E-state index contributed by atoms with van der Waals surface area (Å²) in [7, 11) is 0. The molecule has 2 atom stereocenters. The number of hydrogen-bond acceptors (Lipinski definition) is 3. The molecule has 1 aliphatic heterocycles. The van der Waals surface area contributed by atoms with Gasteiger partial charge in [-0.25, -0.2) is 0 Å². The molecule has 2 N–H and O–H groups in total. The summed E-state index contributed by atoms with van der Waals surface area (Å²) >= 11 is 0. The van der Waals surface area contributed by atoms with Crippen LogP contribution in [0.2, 0.25) is 0 Å². The summed E-state index contributed by atoms with van der Waals surface area (Å²) in [5.74, 6) is 0.166. The van der Waals surface area contributed by atoms with Gasteiger partial charge < -0.3 is 10.6 Å². The van der Waals surface area contributed by atoms with Gasteiger partial charge in [-0.2, -0.15) is 0 Å². The topological polar surface area (TPSA) is 54.0 Å². The van der Waals surface area contributed by atoms with Crippen LogP contribution in [-0.2, 0) is 4.79 Å². The normalized spacial score (nSPS) is 24.8. The number of pyridine rings is 1. The van der Waals surface area contributed by atoms with Crippen molar-refractivity contribution in [3.05, 3.63) is 30.1 Å². The van der Waals surface area contributed by atoms with Crippen molar-refractivity contribution in [2.75, 3.05) is 13.1 Å². The van der Waals surface area contributed by atoms with Gasteiger partial charge in [-0.3, -0.25) is 9.78 Å². The molecule has 2 heterocycles. The lowest BCUT2D eigenvalue weighted by Gasteiger charge is -2.27. The van der Waals surface area contributed by atoms with Gasteiger partial charge >= 0.3 is 0 Å². The minimum Gasteiger partial charge on any atom is -0.349 e. The Morgan fingerprint density at radius 2 is 2.28 bits per heavy atom. The minimum atomic E-state index is -0.221. The molecule has 98 valence electrons. The van der Waals surface area contributed by atoms with E-state index >= 15 is 0 Å². The molecule has 1 saturated heterocycles. The van der Waals surface area contributed by atoms with Crippen LogP contribution in [0.4, 0.5) is 0 Å². The highest BCUT2D eigenvalue weighted by Crippen LogP contribution is 2.30. The van der Waals surface area contributed by atoms with E-state index in [2.05, 4.69) is 22.5 Å². The van der Waals surface area contributed by atoms with E-state index in [4.69, 9.17) is 0 Å². The fraction of sp³-hybridized carbons (Fsp3) is 0.571. The van der Waals surface area contributed by atoms with Crippen LogP contribution in [0.3, 0.4) is 0 Å². The molecule has 0 radical (unpaired) electrons. The fourth-order valence-corrected chi connectivity index (χ4v) is 2.49. The van der Waals surface area contributed by atoms with Crippen molar-refractivity contribution in [2.45, 2.75) is 32.7 Å². The number of carbonyl (C=O) groups excluding carboxylic acids is 1. The van der Waals surface area contributed by atoms with Crippen LogP contribution >= 0.6 is 0 Å². The first-order chi connectivity index (χ1) is 8.68. The van der Waals surface area contributed by atoms with Crippen molar-refractivity contribution in [2.24, 2.45) is 5.41 Å². The zero-order valence-corrected chi connectivity index (χ0v) is 11.1. The van der Waals surface area contributed by atoms with Crippen LogP contribution in [-0.4, -0.2) is 24.0 Å². The third-order valence-corrected chi connectivity index (χ3v) is 3.96. The van der Waals surface area contributed by atoms with E-state index in [1.165, 1.54) is 0 Å². The van der Waals surface area contributed by atoms with Crippen LogP contribution < -0.4 is 10.6 Å². The molecule has 1 amide bonds. The maximum Gasteiger partial charge on any atom is 0.228 e. The van der Waals surface area contributed by atoms with E-state index in [1.807, 2.05) is 19.1 Å². The van der Waals surface area contributed by atoms with Gasteiger partial charge in [-0.05, 0) is 44.0 Å². The first kappa shape index (κ1) is 13.0. The van der Waals surface area contributed by atoms with Gasteiger partial charge in [0.05, 0.1) is 11.5 Å². The number of hydrogen-bond donors (Lipinski definition) is 2. The van der Waals surface area contributed by atoms with E-state index in [1.54, 1.807) is 12.4 Å². The van der Waals surface area contributed by atoms with Crippen LogP contribution in [0.1, 0.15) is 38.3 Å². The lowest BCUT2D eigenvalue weighted by atomic mass is 9.83. The van der Waals surface area contributed by atoms with E-state index in [-0.39, 0.29) is 17.4 Å². The smallest absolute Gasteiger partial charge is 0.228 e. The van der Waals surface area contributed by atoms with Crippen molar-refractivity contribution in [1.29, 1.82) is 0 Å². The molecule has 0 saturated carbocycles. The van der Waals surface area contributed by atoms with Crippen molar-refractivity contribution in [3.8, 4) is 0 Å². The lowest BCUT2D eigenvalue weighted by Crippen LogP contribution is -2.43. The van der Waals surface area contributed by atoms with Crippen molar-refractivity contribution < 1.29 is 4.79 Å². The molecule has 0 aliphatic carbocycles. The summed E-state index contributed by atoms with van der Waals surface area (Å²) in [4.78, 5) is 16.4. The van der Waals surface area contributed by atoms with Gasteiger partial charge in [-0.1, -0.05) is 6.92 Å². The molecular formula is C14H21N3O. The highest BCUT2D eigenvalue weighted by Gasteiger charge is 2.39. The predicted octanol–water partition coefficient (Wildman–Crippen LogP) is 1.65. The Kier molecular flexibility index (Phi) is 3.97. The molecule has 1 aliphatic rings. The van der Waals surface area contributed by atoms with Gasteiger partial charge in [0.1, 0.15) is 0 Å². The highest BCUT2D eigenvalue weighted by atomic mass is 16.2. The molecular weight excluding hydrogens is 226 g/mol. The first-order valence-corrected chi connectivity index (χ1v) is 6.59. The van der Waals surface area contributed by atoms with E-state index < -0.39 is 0 Å². The number of nitrogens with zero attached hydrogens (tertiary/aromatic N) is 1. The van der Waals surface area contributed by atoms with Gasteiger partial charge in [0.15, 0.2) is 0 Å². The largest absolute Gasteiger partial charge is 0.349 e. The monoisotopic (exact) mass is 247 g/mol. The van der Waals surface area contributed by atoms with Gasteiger partial charge in [0, 0.05) is 18.9 Å². The van der Waals surface area contributed by atoms with Crippen molar-refractivity contribution in [1.82, 2.24) is 15.6 Å². The zero-order chi connectivity index (χ0) is 13.0. The Hall–Kier alpha value is -1.42. The van der Waals surface area contributed by atoms with E-state index in [9.17, 15) is 4.79 Å². The summed E-state index contributed by atoms with van der Waals surface area (Å²) in [5, 5.41) is 6.41. The van der Waals surface area contributed by atoms with Crippen LogP contribution in [0.25, 0.3) is 0 Å². The van der Waals surface area contributed by atoms with E-state index in [0.29, 0.717) is 0 Å². The molecule has 2 rings (SSSR count). The summed E-state index contributed by atoms with van der Waals surface area (Å²) < 4.78 is 0. The van der Waals surface area contributed by atoms with Crippen molar-refractivity contribution >= 4 is 5.91 Å². The Balaban J connectivity index is 2.03.